The minimum absolute atomic E-state index is 0.0665. The van der Waals surface area contributed by atoms with Crippen LogP contribution in [-0.4, -0.2) is 23.8 Å². The van der Waals surface area contributed by atoms with Gasteiger partial charge in [0.05, 0.1) is 13.2 Å². The first-order chi connectivity index (χ1) is 6.04. The van der Waals surface area contributed by atoms with Gasteiger partial charge in [0, 0.05) is 0 Å². The summed E-state index contributed by atoms with van der Waals surface area (Å²) in [5, 5.41) is 2.64. The molecule has 0 aromatic carbocycles. The monoisotopic (exact) mass is 243 g/mol. The molecule has 0 unspecified atom stereocenters. The highest BCUT2D eigenvalue weighted by atomic mass is 32.1. The Balaban J connectivity index is 4.07. The van der Waals surface area contributed by atoms with Crippen LogP contribution in [0.4, 0.5) is 0 Å². The van der Waals surface area contributed by atoms with Gasteiger partial charge < -0.3 is 14.4 Å². The lowest BCUT2D eigenvalue weighted by molar-refractivity contribution is 0.219. The van der Waals surface area contributed by atoms with Crippen molar-refractivity contribution in [2.75, 3.05) is 19.5 Å². The quantitative estimate of drug-likeness (QED) is 0.424. The summed E-state index contributed by atoms with van der Waals surface area (Å²) in [5.41, 5.74) is 0. The van der Waals surface area contributed by atoms with Crippen LogP contribution in [0.3, 0.4) is 0 Å². The standard InChI is InChI=1S/C6H14NO3PS2/c1-3-9-11(8,10-4-2)5-7-6(12)13/h3-5H2,1-2H3,(H2,7,12,13). The van der Waals surface area contributed by atoms with Gasteiger partial charge in [-0.2, -0.15) is 0 Å². The molecule has 0 aliphatic carbocycles. The van der Waals surface area contributed by atoms with Crippen molar-refractivity contribution in [2.45, 2.75) is 13.8 Å². The Hall–Kier alpha value is 0.390. The van der Waals surface area contributed by atoms with E-state index in [2.05, 4.69) is 30.2 Å². The Morgan fingerprint density at radius 1 is 1.46 bits per heavy atom. The van der Waals surface area contributed by atoms with Crippen molar-refractivity contribution in [3.05, 3.63) is 0 Å². The summed E-state index contributed by atoms with van der Waals surface area (Å²) >= 11 is 8.49. The number of thiol groups is 1. The normalized spacial score (nSPS) is 11.3. The van der Waals surface area contributed by atoms with E-state index in [1.807, 2.05) is 0 Å². The van der Waals surface area contributed by atoms with Crippen molar-refractivity contribution in [1.82, 2.24) is 5.32 Å². The van der Waals surface area contributed by atoms with Crippen molar-refractivity contribution in [1.29, 1.82) is 0 Å². The van der Waals surface area contributed by atoms with Crippen LogP contribution in [0.15, 0.2) is 0 Å². The molecule has 0 atom stereocenters. The lowest BCUT2D eigenvalue weighted by Gasteiger charge is -2.16. The topological polar surface area (TPSA) is 47.6 Å². The minimum Gasteiger partial charge on any atom is -0.360 e. The molecule has 13 heavy (non-hydrogen) atoms. The van der Waals surface area contributed by atoms with Crippen molar-refractivity contribution >= 4 is 36.8 Å². The van der Waals surface area contributed by atoms with E-state index in [0.717, 1.165) is 0 Å². The number of nitrogens with one attached hydrogen (secondary N) is 1. The number of hydrogen-bond acceptors (Lipinski definition) is 4. The zero-order chi connectivity index (χ0) is 10.3. The van der Waals surface area contributed by atoms with Gasteiger partial charge in [0.15, 0.2) is 0 Å². The Kier molecular flexibility index (Phi) is 6.99. The molecular weight excluding hydrogens is 229 g/mol. The molecule has 4 nitrogen and oxygen atoms in total. The first-order valence-corrected chi connectivity index (χ1v) is 6.47. The van der Waals surface area contributed by atoms with Gasteiger partial charge in [-0.3, -0.25) is 4.57 Å². The molecule has 0 aromatic rings. The summed E-state index contributed by atoms with van der Waals surface area (Å²) < 4.78 is 22.0. The summed E-state index contributed by atoms with van der Waals surface area (Å²) in [4.78, 5) is 0. The van der Waals surface area contributed by atoms with E-state index in [9.17, 15) is 4.57 Å². The van der Waals surface area contributed by atoms with Crippen LogP contribution in [0.2, 0.25) is 0 Å². The van der Waals surface area contributed by atoms with Crippen LogP contribution in [0.5, 0.6) is 0 Å². The highest BCUT2D eigenvalue weighted by Gasteiger charge is 2.22. The van der Waals surface area contributed by atoms with Gasteiger partial charge in [-0.1, -0.05) is 12.2 Å². The van der Waals surface area contributed by atoms with Crippen LogP contribution in [0.25, 0.3) is 0 Å². The molecule has 0 radical (unpaired) electrons. The lowest BCUT2D eigenvalue weighted by atomic mass is 10.9. The molecule has 0 saturated carbocycles. The minimum atomic E-state index is -3.02. The molecule has 78 valence electrons. The molecule has 0 saturated heterocycles. The molecule has 0 aliphatic heterocycles. The van der Waals surface area contributed by atoms with Crippen LogP contribution in [0.1, 0.15) is 13.8 Å². The maximum atomic E-state index is 11.7. The maximum absolute atomic E-state index is 11.7. The first kappa shape index (κ1) is 13.4. The largest absolute Gasteiger partial charge is 0.360 e. The molecule has 0 fully saturated rings. The van der Waals surface area contributed by atoms with Gasteiger partial charge in [0.2, 0.25) is 0 Å². The second-order valence-corrected chi connectivity index (χ2v) is 5.30. The van der Waals surface area contributed by atoms with Crippen LogP contribution in [-0.2, 0) is 13.6 Å². The van der Waals surface area contributed by atoms with E-state index in [-0.39, 0.29) is 10.6 Å². The zero-order valence-electron chi connectivity index (χ0n) is 7.65. The zero-order valence-corrected chi connectivity index (χ0v) is 10.3. The molecule has 0 bridgehead atoms. The molecule has 0 aliphatic rings. The molecule has 7 heteroatoms. The summed E-state index contributed by atoms with van der Waals surface area (Å²) in [6.07, 6.45) is 0.0665. The Bertz CT molecular complexity index is 202. The summed E-state index contributed by atoms with van der Waals surface area (Å²) in [6.45, 7) is 4.20. The smallest absolute Gasteiger partial charge is 0.349 e. The van der Waals surface area contributed by atoms with Crippen molar-refractivity contribution < 1.29 is 13.6 Å². The molecule has 1 N–H and O–H groups in total. The average molecular weight is 243 g/mol. The molecule has 0 aromatic heterocycles. The van der Waals surface area contributed by atoms with Crippen molar-refractivity contribution in [2.24, 2.45) is 0 Å². The number of thiocarbonyl (C=S) groups is 1. The highest BCUT2D eigenvalue weighted by Crippen LogP contribution is 2.46. The van der Waals surface area contributed by atoms with Crippen LogP contribution in [0, 0.1) is 0 Å². The lowest BCUT2D eigenvalue weighted by Crippen LogP contribution is -2.19. The Morgan fingerprint density at radius 3 is 2.23 bits per heavy atom. The van der Waals surface area contributed by atoms with E-state index < -0.39 is 7.60 Å². The summed E-state index contributed by atoms with van der Waals surface area (Å²) in [5.74, 6) is 0. The van der Waals surface area contributed by atoms with Crippen LogP contribution >= 0.6 is 32.4 Å². The maximum Gasteiger partial charge on any atom is 0.349 e. The fourth-order valence-corrected chi connectivity index (χ4v) is 2.46. The molecule has 0 rings (SSSR count). The summed E-state index contributed by atoms with van der Waals surface area (Å²) in [7, 11) is -3.02. The third-order valence-corrected chi connectivity index (χ3v) is 3.23. The number of rotatable bonds is 6. The van der Waals surface area contributed by atoms with Crippen molar-refractivity contribution in [3.8, 4) is 0 Å². The van der Waals surface area contributed by atoms with Gasteiger partial charge in [0.25, 0.3) is 0 Å². The molecule has 0 amide bonds. The first-order valence-electron chi connectivity index (χ1n) is 3.89. The Labute approximate surface area is 89.3 Å². The molecule has 0 heterocycles. The van der Waals surface area contributed by atoms with Gasteiger partial charge in [0.1, 0.15) is 10.6 Å². The average Bonchev–Trinajstić information content (AvgIpc) is 2.02. The Morgan fingerprint density at radius 2 is 1.92 bits per heavy atom. The third kappa shape index (κ3) is 6.46. The summed E-state index contributed by atoms with van der Waals surface area (Å²) in [6, 6.07) is 0. The van der Waals surface area contributed by atoms with Gasteiger partial charge in [-0.25, -0.2) is 0 Å². The van der Waals surface area contributed by atoms with Gasteiger partial charge >= 0.3 is 7.60 Å². The van der Waals surface area contributed by atoms with E-state index in [1.54, 1.807) is 13.8 Å². The molecule has 0 spiro atoms. The van der Waals surface area contributed by atoms with E-state index in [0.29, 0.717) is 13.2 Å². The number of hydrogen-bond donors (Lipinski definition) is 2. The van der Waals surface area contributed by atoms with E-state index >= 15 is 0 Å². The predicted molar refractivity (Wildman–Crippen MR) is 60.4 cm³/mol. The highest BCUT2D eigenvalue weighted by molar-refractivity contribution is 8.11. The second-order valence-electron chi connectivity index (χ2n) is 2.09. The van der Waals surface area contributed by atoms with E-state index in [1.165, 1.54) is 0 Å². The SMILES string of the molecule is CCOP(=O)(CNC(=S)S)OCC. The van der Waals surface area contributed by atoms with Gasteiger partial charge in [-0.15, -0.1) is 12.6 Å². The fraction of sp³-hybridized carbons (Fsp3) is 0.833. The van der Waals surface area contributed by atoms with Crippen molar-refractivity contribution in [3.63, 3.8) is 0 Å². The van der Waals surface area contributed by atoms with E-state index in [4.69, 9.17) is 9.05 Å². The van der Waals surface area contributed by atoms with Crippen LogP contribution < -0.4 is 5.32 Å². The predicted octanol–water partition coefficient (Wildman–Crippen LogP) is 2.01. The third-order valence-electron chi connectivity index (χ3n) is 1.08. The fourth-order valence-electron chi connectivity index (χ4n) is 0.686. The molecular formula is C6H14NO3PS2. The van der Waals surface area contributed by atoms with Gasteiger partial charge in [-0.05, 0) is 13.8 Å². The second kappa shape index (κ2) is 6.79.